The second kappa shape index (κ2) is 6.90. The zero-order valence-corrected chi connectivity index (χ0v) is 14.0. The highest BCUT2D eigenvalue weighted by Gasteiger charge is 2.25. The third-order valence-electron chi connectivity index (χ3n) is 4.37. The summed E-state index contributed by atoms with van der Waals surface area (Å²) in [4.78, 5) is 25.7. The number of aromatic amines is 1. The Bertz CT molecular complexity index is 760. The predicted octanol–water partition coefficient (Wildman–Crippen LogP) is 1.77. The van der Waals surface area contributed by atoms with Crippen molar-refractivity contribution in [2.75, 3.05) is 18.0 Å². The van der Waals surface area contributed by atoms with Crippen LogP contribution in [-0.2, 0) is 0 Å². The maximum absolute atomic E-state index is 12.4. The molecular formula is C17H22N4O3. The average Bonchev–Trinajstić information content (AvgIpc) is 2.92. The van der Waals surface area contributed by atoms with Gasteiger partial charge in [0.1, 0.15) is 17.3 Å². The largest absolute Gasteiger partial charge is 0.466 e. The van der Waals surface area contributed by atoms with Gasteiger partial charge < -0.3 is 14.6 Å². The Morgan fingerprint density at radius 2 is 2.25 bits per heavy atom. The molecule has 0 aliphatic carbocycles. The molecule has 1 unspecified atom stereocenters. The number of anilines is 1. The van der Waals surface area contributed by atoms with E-state index in [1.165, 1.54) is 6.07 Å². The number of amides is 1. The van der Waals surface area contributed by atoms with Gasteiger partial charge in [0.05, 0.1) is 5.56 Å². The number of hydrogen-bond acceptors (Lipinski definition) is 5. The van der Waals surface area contributed by atoms with Gasteiger partial charge in [0.15, 0.2) is 0 Å². The van der Waals surface area contributed by atoms with Crippen molar-refractivity contribution in [1.82, 2.24) is 15.5 Å². The lowest BCUT2D eigenvalue weighted by Gasteiger charge is -2.36. The van der Waals surface area contributed by atoms with Crippen molar-refractivity contribution in [2.45, 2.75) is 39.2 Å². The van der Waals surface area contributed by atoms with E-state index in [1.54, 1.807) is 19.1 Å². The van der Waals surface area contributed by atoms with Crippen LogP contribution in [0.3, 0.4) is 0 Å². The van der Waals surface area contributed by atoms with E-state index >= 15 is 0 Å². The van der Waals surface area contributed by atoms with Crippen molar-refractivity contribution < 1.29 is 9.21 Å². The molecule has 128 valence electrons. The Kier molecular flexibility index (Phi) is 4.69. The average molecular weight is 330 g/mol. The number of nitrogens with one attached hydrogen (secondary N) is 2. The summed E-state index contributed by atoms with van der Waals surface area (Å²) in [7, 11) is 0. The smallest absolute Gasteiger partial charge is 0.264 e. The maximum Gasteiger partial charge on any atom is 0.264 e. The number of hydrogen-bond donors (Lipinski definition) is 2. The lowest BCUT2D eigenvalue weighted by atomic mass is 10.0. The molecule has 0 radical (unpaired) electrons. The van der Waals surface area contributed by atoms with Crippen LogP contribution < -0.4 is 15.8 Å². The van der Waals surface area contributed by atoms with Crippen LogP contribution in [0.4, 0.5) is 5.82 Å². The van der Waals surface area contributed by atoms with Crippen molar-refractivity contribution in [3.8, 4) is 0 Å². The topological polar surface area (TPSA) is 91.2 Å². The molecule has 1 aliphatic heterocycles. The number of carbonyl (C=O) groups excluding carboxylic acids is 1. The molecule has 2 N–H and O–H groups in total. The van der Waals surface area contributed by atoms with Crippen molar-refractivity contribution in [3.05, 3.63) is 45.6 Å². The molecule has 3 rings (SSSR count). The highest BCUT2D eigenvalue weighted by molar-refractivity contribution is 5.95. The molecular weight excluding hydrogens is 308 g/mol. The van der Waals surface area contributed by atoms with Gasteiger partial charge in [-0.2, -0.15) is 5.10 Å². The first kappa shape index (κ1) is 16.3. The lowest BCUT2D eigenvalue weighted by molar-refractivity contribution is 0.0948. The molecule has 0 spiro atoms. The van der Waals surface area contributed by atoms with Crippen LogP contribution in [0.25, 0.3) is 0 Å². The first-order valence-corrected chi connectivity index (χ1v) is 8.22. The summed E-state index contributed by atoms with van der Waals surface area (Å²) in [6, 6.07) is 5.12. The Balaban J connectivity index is 1.68. The molecule has 2 aromatic heterocycles. The molecule has 7 heteroatoms. The Morgan fingerprint density at radius 3 is 2.92 bits per heavy atom. The summed E-state index contributed by atoms with van der Waals surface area (Å²) in [6.45, 7) is 5.01. The summed E-state index contributed by atoms with van der Waals surface area (Å²) in [5.74, 6) is 1.98. The minimum atomic E-state index is -0.216. The van der Waals surface area contributed by atoms with E-state index in [-0.39, 0.29) is 17.5 Å². The van der Waals surface area contributed by atoms with Crippen molar-refractivity contribution in [3.63, 3.8) is 0 Å². The molecule has 24 heavy (non-hydrogen) atoms. The van der Waals surface area contributed by atoms with E-state index in [9.17, 15) is 9.59 Å². The molecule has 1 fully saturated rings. The number of aromatic nitrogens is 2. The molecule has 1 aliphatic rings. The first-order chi connectivity index (χ1) is 11.5. The summed E-state index contributed by atoms with van der Waals surface area (Å²) in [5, 5.41) is 9.58. The molecule has 2 aromatic rings. The predicted molar refractivity (Wildman–Crippen MR) is 90.4 cm³/mol. The van der Waals surface area contributed by atoms with Gasteiger partial charge in [0, 0.05) is 25.2 Å². The fraction of sp³-hybridized carbons (Fsp3) is 0.471. The quantitative estimate of drug-likeness (QED) is 0.891. The third-order valence-corrected chi connectivity index (χ3v) is 4.37. The highest BCUT2D eigenvalue weighted by atomic mass is 16.3. The first-order valence-electron chi connectivity index (χ1n) is 8.22. The van der Waals surface area contributed by atoms with Gasteiger partial charge in [-0.15, -0.1) is 0 Å². The Hall–Kier alpha value is -2.57. The summed E-state index contributed by atoms with van der Waals surface area (Å²) >= 11 is 0. The second-order valence-corrected chi connectivity index (χ2v) is 6.16. The van der Waals surface area contributed by atoms with Gasteiger partial charge in [-0.25, -0.2) is 5.10 Å². The highest BCUT2D eigenvalue weighted by Crippen LogP contribution is 2.22. The molecule has 0 saturated carbocycles. The van der Waals surface area contributed by atoms with Crippen LogP contribution >= 0.6 is 0 Å². The Labute approximate surface area is 140 Å². The zero-order chi connectivity index (χ0) is 17.1. The van der Waals surface area contributed by atoms with E-state index in [1.807, 2.05) is 6.92 Å². The fourth-order valence-corrected chi connectivity index (χ4v) is 3.17. The number of aryl methyl sites for hydroxylation is 2. The summed E-state index contributed by atoms with van der Waals surface area (Å²) < 4.78 is 5.41. The van der Waals surface area contributed by atoms with E-state index in [0.29, 0.717) is 17.9 Å². The van der Waals surface area contributed by atoms with Crippen LogP contribution in [0.5, 0.6) is 0 Å². The van der Waals surface area contributed by atoms with Crippen molar-refractivity contribution in [2.24, 2.45) is 0 Å². The molecule has 0 bridgehead atoms. The number of H-pyrrole nitrogens is 1. The van der Waals surface area contributed by atoms with E-state index < -0.39 is 0 Å². The van der Waals surface area contributed by atoms with Gasteiger partial charge in [-0.05, 0) is 45.2 Å². The van der Waals surface area contributed by atoms with Crippen molar-refractivity contribution >= 4 is 11.7 Å². The third kappa shape index (κ3) is 3.50. The van der Waals surface area contributed by atoms with E-state index in [4.69, 9.17) is 4.42 Å². The maximum atomic E-state index is 12.4. The molecule has 1 atom stereocenters. The molecule has 1 saturated heterocycles. The monoisotopic (exact) mass is 330 g/mol. The number of furan rings is 1. The molecule has 1 amide bonds. The van der Waals surface area contributed by atoms with Gasteiger partial charge >= 0.3 is 0 Å². The van der Waals surface area contributed by atoms with Crippen LogP contribution in [0.15, 0.2) is 27.4 Å². The number of rotatable bonds is 4. The minimum absolute atomic E-state index is 0.121. The normalized spacial score (nSPS) is 17.8. The van der Waals surface area contributed by atoms with Crippen molar-refractivity contribution in [1.29, 1.82) is 0 Å². The number of nitrogens with zero attached hydrogens (tertiary/aromatic N) is 2. The van der Waals surface area contributed by atoms with Crippen LogP contribution in [-0.4, -0.2) is 35.2 Å². The number of piperidine rings is 1. The molecule has 7 nitrogen and oxygen atoms in total. The summed E-state index contributed by atoms with van der Waals surface area (Å²) in [5.41, 5.74) is 0.364. The minimum Gasteiger partial charge on any atom is -0.466 e. The SMILES string of the molecule is Cc1cc(C(=O)NCC2CCCCN2c2ccc(=O)[nH]n2)c(C)o1. The van der Waals surface area contributed by atoms with Gasteiger partial charge in [0.25, 0.3) is 11.5 Å². The Morgan fingerprint density at radius 1 is 1.42 bits per heavy atom. The number of carbonyl (C=O) groups is 1. The van der Waals surface area contributed by atoms with Crippen LogP contribution in [0, 0.1) is 13.8 Å². The zero-order valence-electron chi connectivity index (χ0n) is 14.0. The second-order valence-electron chi connectivity index (χ2n) is 6.16. The standard InChI is InChI=1S/C17H22N4O3/c1-11-9-14(12(2)24-11)17(23)18-10-13-5-3-4-8-21(13)15-6-7-16(22)20-19-15/h6-7,9,13H,3-5,8,10H2,1-2H3,(H,18,23)(H,20,22). The summed E-state index contributed by atoms with van der Waals surface area (Å²) in [6.07, 6.45) is 3.17. The molecule has 3 heterocycles. The van der Waals surface area contributed by atoms with Gasteiger partial charge in [-0.3, -0.25) is 9.59 Å². The van der Waals surface area contributed by atoms with Crippen LogP contribution in [0.1, 0.15) is 41.1 Å². The van der Waals surface area contributed by atoms with E-state index in [2.05, 4.69) is 20.4 Å². The fourth-order valence-electron chi connectivity index (χ4n) is 3.17. The van der Waals surface area contributed by atoms with Crippen LogP contribution in [0.2, 0.25) is 0 Å². The van der Waals surface area contributed by atoms with Gasteiger partial charge in [0.2, 0.25) is 0 Å². The molecule has 0 aromatic carbocycles. The van der Waals surface area contributed by atoms with E-state index in [0.717, 1.165) is 37.4 Å². The lowest BCUT2D eigenvalue weighted by Crippen LogP contribution is -2.47. The van der Waals surface area contributed by atoms with Gasteiger partial charge in [-0.1, -0.05) is 0 Å².